The van der Waals surface area contributed by atoms with Crippen LogP contribution in [0.5, 0.6) is 11.5 Å². The van der Waals surface area contributed by atoms with Crippen LogP contribution in [0.3, 0.4) is 0 Å². The number of halogens is 1. The second-order valence-corrected chi connectivity index (χ2v) is 7.67. The first kappa shape index (κ1) is 14.4. The zero-order valence-electron chi connectivity index (χ0n) is 11.3. The van der Waals surface area contributed by atoms with Gasteiger partial charge in [0.2, 0.25) is 0 Å². The van der Waals surface area contributed by atoms with Crippen LogP contribution in [0.25, 0.3) is 0 Å². The summed E-state index contributed by atoms with van der Waals surface area (Å²) in [4.78, 5) is 0.305. The fourth-order valence-electron chi connectivity index (χ4n) is 2.08. The van der Waals surface area contributed by atoms with Gasteiger partial charge in [-0.3, -0.25) is 0 Å². The van der Waals surface area contributed by atoms with Gasteiger partial charge in [-0.25, -0.2) is 8.42 Å². The summed E-state index contributed by atoms with van der Waals surface area (Å²) < 4.78 is 30.2. The van der Waals surface area contributed by atoms with Crippen LogP contribution in [0, 0.1) is 5.92 Å². The van der Waals surface area contributed by atoms with E-state index in [-0.39, 0.29) is 5.75 Å². The van der Waals surface area contributed by atoms with E-state index in [1.165, 1.54) is 0 Å². The first-order valence-corrected chi connectivity index (χ1v) is 8.83. The third-order valence-corrected chi connectivity index (χ3v) is 5.58. The molecule has 0 spiro atoms. The van der Waals surface area contributed by atoms with Gasteiger partial charge in [-0.2, -0.15) is 0 Å². The maximum absolute atomic E-state index is 12.3. The van der Waals surface area contributed by atoms with Crippen LogP contribution in [0.4, 0.5) is 0 Å². The highest BCUT2D eigenvalue weighted by molar-refractivity contribution is 7.91. The van der Waals surface area contributed by atoms with Crippen LogP contribution in [-0.2, 0) is 9.84 Å². The summed E-state index contributed by atoms with van der Waals surface area (Å²) in [5, 5.41) is 0.490. The zero-order valence-corrected chi connectivity index (χ0v) is 12.9. The number of para-hydroxylation sites is 1. The van der Waals surface area contributed by atoms with Gasteiger partial charge in [0, 0.05) is 0 Å². The summed E-state index contributed by atoms with van der Waals surface area (Å²) in [6.07, 6.45) is 2.02. The molecule has 0 N–H and O–H groups in total. The fourth-order valence-corrected chi connectivity index (χ4v) is 3.98. The van der Waals surface area contributed by atoms with Crippen LogP contribution < -0.4 is 4.74 Å². The van der Waals surface area contributed by atoms with Gasteiger partial charge in [-0.15, -0.1) is 0 Å². The van der Waals surface area contributed by atoms with Crippen LogP contribution in [0.2, 0.25) is 5.02 Å². The molecule has 3 rings (SSSR count). The van der Waals surface area contributed by atoms with E-state index in [2.05, 4.69) is 0 Å². The fraction of sp³-hybridized carbons (Fsp3) is 0.250. The predicted octanol–water partition coefficient (Wildman–Crippen LogP) is 4.32. The van der Waals surface area contributed by atoms with Crippen molar-refractivity contribution >= 4 is 21.4 Å². The van der Waals surface area contributed by atoms with Crippen LogP contribution >= 0.6 is 11.6 Å². The molecule has 0 unspecified atom stereocenters. The van der Waals surface area contributed by atoms with Crippen molar-refractivity contribution in [2.75, 3.05) is 5.75 Å². The molecular weight excluding hydrogens is 308 g/mol. The van der Waals surface area contributed by atoms with Crippen molar-refractivity contribution in [2.24, 2.45) is 5.92 Å². The highest BCUT2D eigenvalue weighted by Crippen LogP contribution is 2.34. The molecule has 1 aliphatic carbocycles. The second kappa shape index (κ2) is 5.70. The molecule has 0 radical (unpaired) electrons. The Kier molecular flexibility index (Phi) is 3.91. The topological polar surface area (TPSA) is 43.4 Å². The van der Waals surface area contributed by atoms with Crippen molar-refractivity contribution in [1.29, 1.82) is 0 Å². The first-order valence-electron chi connectivity index (χ1n) is 6.80. The Morgan fingerprint density at radius 1 is 1.10 bits per heavy atom. The van der Waals surface area contributed by atoms with Gasteiger partial charge >= 0.3 is 0 Å². The number of rotatable bonds is 5. The lowest BCUT2D eigenvalue weighted by Crippen LogP contribution is -2.08. The third-order valence-electron chi connectivity index (χ3n) is 3.38. The molecule has 2 aromatic carbocycles. The normalized spacial score (nSPS) is 14.9. The Bertz CT molecular complexity index is 752. The molecule has 0 atom stereocenters. The molecule has 0 heterocycles. The molecule has 5 heteroatoms. The summed E-state index contributed by atoms with van der Waals surface area (Å²) in [5.41, 5.74) is 0. The number of ether oxygens (including phenoxy) is 1. The lowest BCUT2D eigenvalue weighted by atomic mass is 10.3. The highest BCUT2D eigenvalue weighted by atomic mass is 35.5. The molecule has 0 aliphatic heterocycles. The Labute approximate surface area is 129 Å². The summed E-state index contributed by atoms with van der Waals surface area (Å²) in [6, 6.07) is 13.7. The smallest absolute Gasteiger partial charge is 0.178 e. The minimum atomic E-state index is -3.23. The molecule has 1 fully saturated rings. The summed E-state index contributed by atoms with van der Waals surface area (Å²) in [5.74, 6) is 1.53. The van der Waals surface area contributed by atoms with Gasteiger partial charge in [0.05, 0.1) is 15.7 Å². The molecule has 0 amide bonds. The molecular formula is C16H15ClO3S. The minimum Gasteiger partial charge on any atom is -0.456 e. The number of sulfone groups is 1. The maximum atomic E-state index is 12.3. The van der Waals surface area contributed by atoms with E-state index in [0.29, 0.717) is 27.3 Å². The number of benzene rings is 2. The standard InChI is InChI=1S/C16H15ClO3S/c17-15-6-1-2-7-16(15)20-13-4-3-5-14(10-13)21(18,19)11-12-8-9-12/h1-7,10,12H,8-9,11H2. The summed E-state index contributed by atoms with van der Waals surface area (Å²) in [6.45, 7) is 0. The third kappa shape index (κ3) is 3.57. The first-order chi connectivity index (χ1) is 10.0. The van der Waals surface area contributed by atoms with Crippen LogP contribution in [0.1, 0.15) is 12.8 Å². The average molecular weight is 323 g/mol. The lowest BCUT2D eigenvalue weighted by molar-refractivity contribution is 0.481. The SMILES string of the molecule is O=S(=O)(CC1CC1)c1cccc(Oc2ccccc2Cl)c1. The summed E-state index contributed by atoms with van der Waals surface area (Å²) >= 11 is 6.04. The van der Waals surface area contributed by atoms with Gasteiger partial charge < -0.3 is 4.74 Å². The molecule has 0 bridgehead atoms. The van der Waals surface area contributed by atoms with Gasteiger partial charge in [-0.05, 0) is 49.1 Å². The van der Waals surface area contributed by atoms with Crippen molar-refractivity contribution in [2.45, 2.75) is 17.7 Å². The Hall–Kier alpha value is -1.52. The van der Waals surface area contributed by atoms with Crippen molar-refractivity contribution in [1.82, 2.24) is 0 Å². The largest absolute Gasteiger partial charge is 0.456 e. The van der Waals surface area contributed by atoms with Gasteiger partial charge in [0.25, 0.3) is 0 Å². The van der Waals surface area contributed by atoms with E-state index in [1.54, 1.807) is 36.4 Å². The zero-order chi connectivity index (χ0) is 14.9. The second-order valence-electron chi connectivity index (χ2n) is 5.23. The maximum Gasteiger partial charge on any atom is 0.178 e. The van der Waals surface area contributed by atoms with E-state index < -0.39 is 9.84 Å². The molecule has 3 nitrogen and oxygen atoms in total. The van der Waals surface area contributed by atoms with Gasteiger partial charge in [0.1, 0.15) is 11.5 Å². The Morgan fingerprint density at radius 2 is 1.86 bits per heavy atom. The van der Waals surface area contributed by atoms with E-state index in [9.17, 15) is 8.42 Å². The molecule has 1 aliphatic rings. The minimum absolute atomic E-state index is 0.225. The van der Waals surface area contributed by atoms with E-state index >= 15 is 0 Å². The molecule has 21 heavy (non-hydrogen) atoms. The number of hydrogen-bond acceptors (Lipinski definition) is 3. The molecule has 0 aromatic heterocycles. The summed E-state index contributed by atoms with van der Waals surface area (Å²) in [7, 11) is -3.23. The quantitative estimate of drug-likeness (QED) is 0.823. The lowest BCUT2D eigenvalue weighted by Gasteiger charge is -2.09. The van der Waals surface area contributed by atoms with Crippen molar-refractivity contribution in [3.8, 4) is 11.5 Å². The van der Waals surface area contributed by atoms with Crippen LogP contribution in [-0.4, -0.2) is 14.2 Å². The van der Waals surface area contributed by atoms with Crippen molar-refractivity contribution in [3.63, 3.8) is 0 Å². The van der Waals surface area contributed by atoms with Crippen LogP contribution in [0.15, 0.2) is 53.4 Å². The highest BCUT2D eigenvalue weighted by Gasteiger charge is 2.29. The molecule has 0 saturated heterocycles. The molecule has 2 aromatic rings. The van der Waals surface area contributed by atoms with E-state index in [1.807, 2.05) is 12.1 Å². The van der Waals surface area contributed by atoms with Crippen molar-refractivity contribution in [3.05, 3.63) is 53.6 Å². The van der Waals surface area contributed by atoms with Gasteiger partial charge in [-0.1, -0.05) is 29.8 Å². The average Bonchev–Trinajstić information content (AvgIpc) is 3.25. The Balaban J connectivity index is 1.84. The van der Waals surface area contributed by atoms with Crippen molar-refractivity contribution < 1.29 is 13.2 Å². The van der Waals surface area contributed by atoms with Gasteiger partial charge in [0.15, 0.2) is 9.84 Å². The number of hydrogen-bond donors (Lipinski definition) is 0. The monoisotopic (exact) mass is 322 g/mol. The molecule has 110 valence electrons. The molecule has 1 saturated carbocycles. The van der Waals surface area contributed by atoms with E-state index in [0.717, 1.165) is 12.8 Å². The predicted molar refractivity (Wildman–Crippen MR) is 82.7 cm³/mol. The Morgan fingerprint density at radius 3 is 2.57 bits per heavy atom. The van der Waals surface area contributed by atoms with E-state index in [4.69, 9.17) is 16.3 Å².